The van der Waals surface area contributed by atoms with E-state index in [4.69, 9.17) is 5.73 Å². The number of nitrogens with one attached hydrogen (secondary N) is 1. The zero-order chi connectivity index (χ0) is 8.85. The highest BCUT2D eigenvalue weighted by Gasteiger charge is 2.02. The van der Waals surface area contributed by atoms with Crippen LogP contribution in [0.5, 0.6) is 0 Å². The molecule has 1 atom stereocenters. The van der Waals surface area contributed by atoms with E-state index in [2.05, 4.69) is 10.4 Å². The van der Waals surface area contributed by atoms with Gasteiger partial charge in [0.05, 0.1) is 0 Å². The van der Waals surface area contributed by atoms with Gasteiger partial charge in [-0.2, -0.15) is 0 Å². The fourth-order valence-corrected chi connectivity index (χ4v) is 0.471. The molecule has 0 unspecified atom stereocenters. The third-order valence-electron chi connectivity index (χ3n) is 1.20. The first-order chi connectivity index (χ1) is 5.06. The molecule has 0 rings (SSSR count). The van der Waals surface area contributed by atoms with Crippen molar-refractivity contribution < 1.29 is 5.03 Å². The maximum Gasteiger partial charge on any atom is 0.266 e. The Kier molecular flexibility index (Phi) is 3.94. The van der Waals surface area contributed by atoms with E-state index in [1.165, 1.54) is 0 Å². The van der Waals surface area contributed by atoms with Crippen LogP contribution >= 0.6 is 0 Å². The van der Waals surface area contributed by atoms with E-state index < -0.39 is 5.03 Å². The molecule has 0 aliphatic carbocycles. The average molecular weight is 160 g/mol. The Balaban J connectivity index is 3.85. The Bertz CT molecular complexity index is 168. The highest BCUT2D eigenvalue weighted by atomic mass is 16.7. The van der Waals surface area contributed by atoms with Crippen LogP contribution in [0.4, 0.5) is 0 Å². The maximum absolute atomic E-state index is 9.78. The molecular formula is C5H12N4O2. The number of rotatable bonds is 3. The van der Waals surface area contributed by atoms with E-state index in [1.54, 1.807) is 0 Å². The highest BCUT2D eigenvalue weighted by Crippen LogP contribution is 1.85. The second-order valence-electron chi connectivity index (χ2n) is 2.18. The molecule has 64 valence electrons. The summed E-state index contributed by atoms with van der Waals surface area (Å²) < 4.78 is 0. The van der Waals surface area contributed by atoms with Gasteiger partial charge >= 0.3 is 0 Å². The molecule has 0 heterocycles. The molecule has 6 nitrogen and oxygen atoms in total. The average Bonchev–Trinajstić information content (AvgIpc) is 1.85. The topological polar surface area (TPSA) is 93.5 Å². The van der Waals surface area contributed by atoms with Crippen LogP contribution in [0.2, 0.25) is 0 Å². The lowest BCUT2D eigenvalue weighted by Gasteiger charge is -2.08. The summed E-state index contributed by atoms with van der Waals surface area (Å²) in [5.41, 5.74) is 5.15. The van der Waals surface area contributed by atoms with Crippen LogP contribution in [0, 0.1) is 10.1 Å². The minimum absolute atomic E-state index is 0.110. The molecule has 0 fully saturated rings. The van der Waals surface area contributed by atoms with Gasteiger partial charge < -0.3 is 11.1 Å². The van der Waals surface area contributed by atoms with Gasteiger partial charge in [-0.15, -0.1) is 0 Å². The van der Waals surface area contributed by atoms with Crippen LogP contribution in [-0.2, 0) is 0 Å². The summed E-state index contributed by atoms with van der Waals surface area (Å²) in [7, 11) is 0. The van der Waals surface area contributed by atoms with Gasteiger partial charge in [0.25, 0.3) is 5.96 Å². The van der Waals surface area contributed by atoms with E-state index in [0.29, 0.717) is 0 Å². The Hall–Kier alpha value is -1.33. The zero-order valence-corrected chi connectivity index (χ0v) is 6.57. The molecule has 11 heavy (non-hydrogen) atoms. The first-order valence-corrected chi connectivity index (χ1v) is 3.31. The Morgan fingerprint density at radius 2 is 2.45 bits per heavy atom. The molecule has 0 saturated heterocycles. The second kappa shape index (κ2) is 4.48. The molecule has 0 aliphatic rings. The Morgan fingerprint density at radius 1 is 1.91 bits per heavy atom. The molecule has 0 amide bonds. The van der Waals surface area contributed by atoms with Crippen molar-refractivity contribution in [3.05, 3.63) is 10.1 Å². The third kappa shape index (κ3) is 5.13. The van der Waals surface area contributed by atoms with Gasteiger partial charge in [0.1, 0.15) is 5.10 Å². The molecule has 6 heteroatoms. The lowest BCUT2D eigenvalue weighted by molar-refractivity contribution is -0.485. The molecule has 0 aromatic rings. The third-order valence-corrected chi connectivity index (χ3v) is 1.20. The summed E-state index contributed by atoms with van der Waals surface area (Å²) in [6, 6.07) is 0.110. The van der Waals surface area contributed by atoms with Gasteiger partial charge in [-0.1, -0.05) is 6.92 Å². The molecule has 3 N–H and O–H groups in total. The summed E-state index contributed by atoms with van der Waals surface area (Å²) in [4.78, 5) is 9.78. The predicted molar refractivity (Wildman–Crippen MR) is 41.5 cm³/mol. The van der Waals surface area contributed by atoms with Crippen LogP contribution in [0.15, 0.2) is 5.10 Å². The van der Waals surface area contributed by atoms with Crippen molar-refractivity contribution >= 4 is 5.96 Å². The van der Waals surface area contributed by atoms with Crippen molar-refractivity contribution in [3.63, 3.8) is 0 Å². The molecular weight excluding hydrogens is 148 g/mol. The standard InChI is InChI=1S/C5H12N4O2/c1-3-4(2)7-5(6)8-9(10)11/h4H,3H2,1-2H3,(H3,6,7,8)/t4-/m0/s1. The van der Waals surface area contributed by atoms with Gasteiger partial charge in [0.2, 0.25) is 0 Å². The zero-order valence-electron chi connectivity index (χ0n) is 6.57. The molecule has 0 aromatic carbocycles. The molecule has 0 saturated carbocycles. The van der Waals surface area contributed by atoms with Gasteiger partial charge in [-0.05, 0) is 13.3 Å². The summed E-state index contributed by atoms with van der Waals surface area (Å²) in [5, 5.41) is 14.5. The lowest BCUT2D eigenvalue weighted by Crippen LogP contribution is -2.38. The Labute approximate surface area is 64.6 Å². The Morgan fingerprint density at radius 3 is 2.82 bits per heavy atom. The van der Waals surface area contributed by atoms with E-state index in [-0.39, 0.29) is 12.0 Å². The summed E-state index contributed by atoms with van der Waals surface area (Å²) >= 11 is 0. The first-order valence-electron chi connectivity index (χ1n) is 3.31. The van der Waals surface area contributed by atoms with E-state index in [1.807, 2.05) is 13.8 Å². The molecule has 0 aromatic heterocycles. The highest BCUT2D eigenvalue weighted by molar-refractivity contribution is 5.77. The van der Waals surface area contributed by atoms with Gasteiger partial charge in [0.15, 0.2) is 5.03 Å². The minimum Gasteiger partial charge on any atom is -0.365 e. The first kappa shape index (κ1) is 9.67. The molecule has 0 radical (unpaired) electrons. The number of nitrogens with two attached hydrogens (primary N) is 1. The number of hydrazone groups is 1. The number of guanidine groups is 1. The van der Waals surface area contributed by atoms with E-state index in [0.717, 1.165) is 6.42 Å². The van der Waals surface area contributed by atoms with Crippen molar-refractivity contribution in [2.45, 2.75) is 26.3 Å². The quantitative estimate of drug-likeness (QED) is 0.260. The van der Waals surface area contributed by atoms with E-state index in [9.17, 15) is 10.1 Å². The summed E-state index contributed by atoms with van der Waals surface area (Å²) in [5.74, 6) is -0.149. The van der Waals surface area contributed by atoms with Crippen LogP contribution in [0.1, 0.15) is 20.3 Å². The lowest BCUT2D eigenvalue weighted by atomic mass is 10.3. The van der Waals surface area contributed by atoms with Crippen molar-refractivity contribution in [1.29, 1.82) is 0 Å². The monoisotopic (exact) mass is 160 g/mol. The van der Waals surface area contributed by atoms with Crippen LogP contribution in [-0.4, -0.2) is 17.0 Å². The van der Waals surface area contributed by atoms with Crippen molar-refractivity contribution in [3.8, 4) is 0 Å². The number of nitro groups is 1. The van der Waals surface area contributed by atoms with Gasteiger partial charge in [-0.3, -0.25) is 0 Å². The molecule has 0 bridgehead atoms. The SMILES string of the molecule is CC[C@H](C)N/C(N)=N\[N+](=O)[O-]. The fraction of sp³-hybridized carbons (Fsp3) is 0.800. The number of hydrogen-bond donors (Lipinski definition) is 2. The van der Waals surface area contributed by atoms with Crippen molar-refractivity contribution in [1.82, 2.24) is 5.32 Å². The number of nitrogens with zero attached hydrogens (tertiary/aromatic N) is 2. The summed E-state index contributed by atoms with van der Waals surface area (Å²) in [6.45, 7) is 3.80. The number of hydrogen-bond acceptors (Lipinski definition) is 2. The predicted octanol–water partition coefficient (Wildman–Crippen LogP) is -0.119. The van der Waals surface area contributed by atoms with Crippen LogP contribution in [0.3, 0.4) is 0 Å². The minimum atomic E-state index is -0.829. The molecule has 0 spiro atoms. The smallest absolute Gasteiger partial charge is 0.266 e. The summed E-state index contributed by atoms with van der Waals surface area (Å²) in [6.07, 6.45) is 0.841. The fourth-order valence-electron chi connectivity index (χ4n) is 0.471. The van der Waals surface area contributed by atoms with Gasteiger partial charge in [-0.25, -0.2) is 10.1 Å². The van der Waals surface area contributed by atoms with E-state index >= 15 is 0 Å². The molecule has 0 aliphatic heterocycles. The normalized spacial score (nSPS) is 14.2. The second-order valence-corrected chi connectivity index (χ2v) is 2.18. The van der Waals surface area contributed by atoms with Crippen molar-refractivity contribution in [2.75, 3.05) is 0 Å². The maximum atomic E-state index is 9.78. The van der Waals surface area contributed by atoms with Crippen molar-refractivity contribution in [2.24, 2.45) is 10.8 Å². The van der Waals surface area contributed by atoms with Crippen LogP contribution in [0.25, 0.3) is 0 Å². The van der Waals surface area contributed by atoms with Gasteiger partial charge in [0, 0.05) is 6.04 Å². The van der Waals surface area contributed by atoms with Crippen LogP contribution < -0.4 is 11.1 Å². The largest absolute Gasteiger partial charge is 0.365 e.